The van der Waals surface area contributed by atoms with Crippen LogP contribution in [0.2, 0.25) is 5.02 Å². The number of halogens is 1. The first-order valence-corrected chi connectivity index (χ1v) is 7.32. The van der Waals surface area contributed by atoms with Crippen molar-refractivity contribution in [3.05, 3.63) is 44.9 Å². The molecule has 1 aromatic heterocycles. The molecule has 3 nitrogen and oxygen atoms in total. The smallest absolute Gasteiger partial charge is 0.0897 e. The minimum absolute atomic E-state index is 0.800. The van der Waals surface area contributed by atoms with E-state index in [0.29, 0.717) is 0 Å². The number of rotatable bonds is 5. The number of aromatic nitrogens is 1. The molecule has 0 saturated heterocycles. The zero-order valence-corrected chi connectivity index (χ0v) is 13.0. The summed E-state index contributed by atoms with van der Waals surface area (Å²) in [7, 11) is 4.08. The van der Waals surface area contributed by atoms with Crippen LogP contribution in [0.1, 0.15) is 15.4 Å². The SMILES string of the molecule is Cc1ncc(CNc2ccc(Cl)c(CN(C)C)c2)s1. The van der Waals surface area contributed by atoms with Crippen molar-refractivity contribution in [1.82, 2.24) is 9.88 Å². The van der Waals surface area contributed by atoms with Crippen molar-refractivity contribution in [2.75, 3.05) is 19.4 Å². The predicted molar refractivity (Wildman–Crippen MR) is 83.0 cm³/mol. The molecule has 1 heterocycles. The van der Waals surface area contributed by atoms with E-state index in [-0.39, 0.29) is 0 Å². The minimum Gasteiger partial charge on any atom is -0.380 e. The highest BCUT2D eigenvalue weighted by atomic mass is 35.5. The molecule has 19 heavy (non-hydrogen) atoms. The van der Waals surface area contributed by atoms with Gasteiger partial charge in [0.25, 0.3) is 0 Å². The first-order valence-electron chi connectivity index (χ1n) is 6.13. The zero-order chi connectivity index (χ0) is 13.8. The van der Waals surface area contributed by atoms with Gasteiger partial charge in [0.1, 0.15) is 0 Å². The van der Waals surface area contributed by atoms with Gasteiger partial charge < -0.3 is 10.2 Å². The van der Waals surface area contributed by atoms with Crippen LogP contribution < -0.4 is 5.32 Å². The number of nitrogens with zero attached hydrogens (tertiary/aromatic N) is 2. The molecule has 0 fully saturated rings. The molecular formula is C14H18ClN3S. The normalized spacial score (nSPS) is 11.0. The topological polar surface area (TPSA) is 28.2 Å². The summed E-state index contributed by atoms with van der Waals surface area (Å²) >= 11 is 7.92. The second-order valence-corrected chi connectivity index (χ2v) is 6.47. The number of hydrogen-bond donors (Lipinski definition) is 1. The van der Waals surface area contributed by atoms with Crippen molar-refractivity contribution in [2.45, 2.75) is 20.0 Å². The van der Waals surface area contributed by atoms with Crippen LogP contribution in [-0.4, -0.2) is 24.0 Å². The quantitative estimate of drug-likeness (QED) is 0.910. The van der Waals surface area contributed by atoms with Gasteiger partial charge in [-0.15, -0.1) is 11.3 Å². The Bertz CT molecular complexity index is 551. The molecule has 0 aliphatic rings. The van der Waals surface area contributed by atoms with E-state index in [0.717, 1.165) is 34.4 Å². The van der Waals surface area contributed by atoms with E-state index in [9.17, 15) is 0 Å². The van der Waals surface area contributed by atoms with Gasteiger partial charge in [0.05, 0.1) is 11.6 Å². The maximum absolute atomic E-state index is 6.20. The molecule has 102 valence electrons. The van der Waals surface area contributed by atoms with Gasteiger partial charge in [0.2, 0.25) is 0 Å². The lowest BCUT2D eigenvalue weighted by Gasteiger charge is -2.13. The van der Waals surface area contributed by atoms with Crippen LogP contribution in [0.4, 0.5) is 5.69 Å². The summed E-state index contributed by atoms with van der Waals surface area (Å²) in [4.78, 5) is 7.60. The van der Waals surface area contributed by atoms with Crippen LogP contribution >= 0.6 is 22.9 Å². The highest BCUT2D eigenvalue weighted by molar-refractivity contribution is 7.11. The third-order valence-electron chi connectivity index (χ3n) is 2.67. The van der Waals surface area contributed by atoms with Crippen LogP contribution in [0.25, 0.3) is 0 Å². The third-order valence-corrected chi connectivity index (χ3v) is 3.95. The van der Waals surface area contributed by atoms with E-state index < -0.39 is 0 Å². The van der Waals surface area contributed by atoms with Crippen molar-refractivity contribution in [3.63, 3.8) is 0 Å². The Kier molecular flexibility index (Phi) is 4.80. The lowest BCUT2D eigenvalue weighted by atomic mass is 10.2. The Morgan fingerprint density at radius 3 is 2.79 bits per heavy atom. The van der Waals surface area contributed by atoms with Crippen LogP contribution in [0.15, 0.2) is 24.4 Å². The van der Waals surface area contributed by atoms with Gasteiger partial charge in [-0.1, -0.05) is 11.6 Å². The number of hydrogen-bond acceptors (Lipinski definition) is 4. The summed E-state index contributed by atoms with van der Waals surface area (Å²) in [5, 5.41) is 5.32. The first kappa shape index (κ1) is 14.3. The van der Waals surface area contributed by atoms with Crippen LogP contribution in [0.5, 0.6) is 0 Å². The fourth-order valence-electron chi connectivity index (χ4n) is 1.82. The average Bonchev–Trinajstić information content (AvgIpc) is 2.75. The standard InChI is InChI=1S/C14H18ClN3S/c1-10-16-7-13(19-10)8-17-12-4-5-14(15)11(6-12)9-18(2)3/h4-7,17H,8-9H2,1-3H3. The maximum Gasteiger partial charge on any atom is 0.0897 e. The number of anilines is 1. The van der Waals surface area contributed by atoms with Crippen LogP contribution in [0, 0.1) is 6.92 Å². The Morgan fingerprint density at radius 2 is 2.16 bits per heavy atom. The summed E-state index contributed by atoms with van der Waals surface area (Å²) in [5.41, 5.74) is 2.23. The van der Waals surface area contributed by atoms with E-state index in [1.54, 1.807) is 11.3 Å². The summed E-state index contributed by atoms with van der Waals surface area (Å²) < 4.78 is 0. The predicted octanol–water partition coefficient (Wildman–Crippen LogP) is 3.78. The van der Waals surface area contributed by atoms with Gasteiger partial charge in [-0.05, 0) is 44.8 Å². The molecule has 0 spiro atoms. The second-order valence-electron chi connectivity index (χ2n) is 4.74. The molecular weight excluding hydrogens is 278 g/mol. The minimum atomic E-state index is 0.800. The summed E-state index contributed by atoms with van der Waals surface area (Å²) in [6, 6.07) is 6.06. The Balaban J connectivity index is 2.04. The lowest BCUT2D eigenvalue weighted by molar-refractivity contribution is 0.402. The van der Waals surface area contributed by atoms with Crippen molar-refractivity contribution in [1.29, 1.82) is 0 Å². The van der Waals surface area contributed by atoms with Crippen molar-refractivity contribution < 1.29 is 0 Å². The van der Waals surface area contributed by atoms with Gasteiger partial charge in [0, 0.05) is 28.3 Å². The fourth-order valence-corrected chi connectivity index (χ4v) is 2.73. The molecule has 0 amide bonds. The van der Waals surface area contributed by atoms with E-state index >= 15 is 0 Å². The van der Waals surface area contributed by atoms with Crippen molar-refractivity contribution >= 4 is 28.6 Å². The molecule has 1 N–H and O–H groups in total. The molecule has 0 atom stereocenters. The lowest BCUT2D eigenvalue weighted by Crippen LogP contribution is -2.11. The molecule has 5 heteroatoms. The summed E-state index contributed by atoms with van der Waals surface area (Å²) in [6.07, 6.45) is 1.92. The maximum atomic E-state index is 6.20. The van der Waals surface area contributed by atoms with Gasteiger partial charge in [-0.2, -0.15) is 0 Å². The molecule has 0 saturated carbocycles. The zero-order valence-electron chi connectivity index (χ0n) is 11.4. The molecule has 0 unspecified atom stereocenters. The van der Waals surface area contributed by atoms with E-state index in [1.807, 2.05) is 39.3 Å². The van der Waals surface area contributed by atoms with Gasteiger partial charge in [0.15, 0.2) is 0 Å². The highest BCUT2D eigenvalue weighted by Gasteiger charge is 2.04. The number of thiazole rings is 1. The molecule has 0 bridgehead atoms. The highest BCUT2D eigenvalue weighted by Crippen LogP contribution is 2.22. The molecule has 0 aliphatic carbocycles. The van der Waals surface area contributed by atoms with E-state index in [2.05, 4.69) is 21.3 Å². The Labute approximate surface area is 123 Å². The number of benzene rings is 1. The largest absolute Gasteiger partial charge is 0.380 e. The van der Waals surface area contributed by atoms with Crippen LogP contribution in [-0.2, 0) is 13.1 Å². The molecule has 1 aromatic carbocycles. The summed E-state index contributed by atoms with van der Waals surface area (Å²) in [6.45, 7) is 3.66. The van der Waals surface area contributed by atoms with Gasteiger partial charge in [-0.25, -0.2) is 4.98 Å². The van der Waals surface area contributed by atoms with Crippen molar-refractivity contribution in [2.24, 2.45) is 0 Å². The summed E-state index contributed by atoms with van der Waals surface area (Å²) in [5.74, 6) is 0. The Hall–Kier alpha value is -1.10. The number of aryl methyl sites for hydroxylation is 1. The molecule has 2 aromatic rings. The second kappa shape index (κ2) is 6.37. The number of nitrogens with one attached hydrogen (secondary N) is 1. The molecule has 0 aliphatic heterocycles. The van der Waals surface area contributed by atoms with Gasteiger partial charge >= 0.3 is 0 Å². The van der Waals surface area contributed by atoms with Crippen LogP contribution in [0.3, 0.4) is 0 Å². The third kappa shape index (κ3) is 4.20. The van der Waals surface area contributed by atoms with Gasteiger partial charge in [-0.3, -0.25) is 0 Å². The van der Waals surface area contributed by atoms with Crippen molar-refractivity contribution in [3.8, 4) is 0 Å². The average molecular weight is 296 g/mol. The Morgan fingerprint density at radius 1 is 1.37 bits per heavy atom. The first-order chi connectivity index (χ1) is 9.04. The van der Waals surface area contributed by atoms with E-state index in [1.165, 1.54) is 4.88 Å². The van der Waals surface area contributed by atoms with E-state index in [4.69, 9.17) is 11.6 Å². The molecule has 0 radical (unpaired) electrons. The fraction of sp³-hybridized carbons (Fsp3) is 0.357. The monoisotopic (exact) mass is 295 g/mol. The molecule has 2 rings (SSSR count).